The van der Waals surface area contributed by atoms with Gasteiger partial charge in [-0.05, 0) is 48.7 Å². The SMILES string of the molecule is CCc1cc(N(C)C)cc2c1Nc1c(C)cc(N3CCOCC3)cc1S2.I. The lowest BCUT2D eigenvalue weighted by Gasteiger charge is -2.32. The van der Waals surface area contributed by atoms with Gasteiger partial charge in [0, 0.05) is 48.4 Å². The highest BCUT2D eigenvalue weighted by molar-refractivity contribution is 14.0. The molecule has 1 fully saturated rings. The summed E-state index contributed by atoms with van der Waals surface area (Å²) in [7, 11) is 4.22. The van der Waals surface area contributed by atoms with Crippen LogP contribution < -0.4 is 15.1 Å². The molecule has 6 heteroatoms. The van der Waals surface area contributed by atoms with Gasteiger partial charge in [0.05, 0.1) is 24.6 Å². The first-order valence-corrected chi connectivity index (χ1v) is 10.1. The Balaban J connectivity index is 0.00000210. The number of hydrogen-bond donors (Lipinski definition) is 1. The van der Waals surface area contributed by atoms with Crippen molar-refractivity contribution in [2.45, 2.75) is 30.1 Å². The van der Waals surface area contributed by atoms with Crippen LogP contribution in [0.3, 0.4) is 0 Å². The fraction of sp³-hybridized carbons (Fsp3) is 0.429. The molecule has 0 aromatic heterocycles. The molecule has 2 heterocycles. The number of anilines is 4. The Kier molecular flexibility index (Phi) is 6.48. The Hall–Kier alpha value is -1.12. The average Bonchev–Trinajstić information content (AvgIpc) is 2.66. The van der Waals surface area contributed by atoms with Crippen LogP contribution in [0.4, 0.5) is 22.7 Å². The van der Waals surface area contributed by atoms with Crippen LogP contribution >= 0.6 is 35.7 Å². The molecule has 2 aliphatic heterocycles. The van der Waals surface area contributed by atoms with Crippen molar-refractivity contribution >= 4 is 58.5 Å². The number of halogens is 1. The largest absolute Gasteiger partial charge is 0.378 e. The molecule has 146 valence electrons. The van der Waals surface area contributed by atoms with Gasteiger partial charge in [-0.3, -0.25) is 0 Å². The van der Waals surface area contributed by atoms with Crippen LogP contribution in [0, 0.1) is 6.92 Å². The lowest BCUT2D eigenvalue weighted by Crippen LogP contribution is -2.36. The maximum absolute atomic E-state index is 5.51. The van der Waals surface area contributed by atoms with Gasteiger partial charge in [0.15, 0.2) is 0 Å². The molecule has 0 aliphatic carbocycles. The first kappa shape index (κ1) is 20.6. The molecule has 0 amide bonds. The van der Waals surface area contributed by atoms with Crippen LogP contribution in [0.15, 0.2) is 34.1 Å². The van der Waals surface area contributed by atoms with Crippen molar-refractivity contribution in [3.8, 4) is 0 Å². The molecule has 2 aromatic rings. The molecule has 2 aromatic carbocycles. The molecule has 0 atom stereocenters. The van der Waals surface area contributed by atoms with Crippen LogP contribution in [-0.2, 0) is 11.2 Å². The summed E-state index contributed by atoms with van der Waals surface area (Å²) in [5, 5.41) is 3.74. The van der Waals surface area contributed by atoms with E-state index in [-0.39, 0.29) is 24.0 Å². The zero-order valence-electron chi connectivity index (χ0n) is 16.5. The molecule has 0 bridgehead atoms. The Morgan fingerprint density at radius 3 is 2.44 bits per heavy atom. The van der Waals surface area contributed by atoms with E-state index in [0.717, 1.165) is 32.7 Å². The third-order valence-corrected chi connectivity index (χ3v) is 6.28. The predicted molar refractivity (Wildman–Crippen MR) is 127 cm³/mol. The van der Waals surface area contributed by atoms with Crippen LogP contribution in [0.1, 0.15) is 18.1 Å². The molecule has 0 radical (unpaired) electrons. The minimum Gasteiger partial charge on any atom is -0.378 e. The van der Waals surface area contributed by atoms with Gasteiger partial charge >= 0.3 is 0 Å². The summed E-state index contributed by atoms with van der Waals surface area (Å²) < 4.78 is 5.51. The first-order chi connectivity index (χ1) is 12.6. The van der Waals surface area contributed by atoms with E-state index in [9.17, 15) is 0 Å². The van der Waals surface area contributed by atoms with Gasteiger partial charge in [0.1, 0.15) is 0 Å². The van der Waals surface area contributed by atoms with Crippen molar-refractivity contribution in [1.82, 2.24) is 0 Å². The quantitative estimate of drug-likeness (QED) is 0.497. The van der Waals surface area contributed by atoms with E-state index in [0.29, 0.717) is 0 Å². The van der Waals surface area contributed by atoms with Crippen molar-refractivity contribution < 1.29 is 4.74 Å². The van der Waals surface area contributed by atoms with Crippen LogP contribution in [0.5, 0.6) is 0 Å². The van der Waals surface area contributed by atoms with Gasteiger partial charge in [0.25, 0.3) is 0 Å². The molecule has 27 heavy (non-hydrogen) atoms. The number of aryl methyl sites for hydroxylation is 2. The Bertz CT molecular complexity index is 835. The Morgan fingerprint density at radius 2 is 1.78 bits per heavy atom. The molecule has 0 unspecified atom stereocenters. The number of nitrogens with one attached hydrogen (secondary N) is 1. The number of benzene rings is 2. The monoisotopic (exact) mass is 497 g/mol. The molecule has 1 saturated heterocycles. The molecule has 0 spiro atoms. The van der Waals surface area contributed by atoms with Crippen molar-refractivity contribution in [2.24, 2.45) is 0 Å². The van der Waals surface area contributed by atoms with E-state index in [1.54, 1.807) is 0 Å². The summed E-state index contributed by atoms with van der Waals surface area (Å²) >= 11 is 1.89. The number of fused-ring (bicyclic) bond motifs is 2. The summed E-state index contributed by atoms with van der Waals surface area (Å²) in [5.41, 5.74) is 7.78. The van der Waals surface area contributed by atoms with Gasteiger partial charge in [-0.1, -0.05) is 18.7 Å². The van der Waals surface area contributed by atoms with E-state index in [2.05, 4.69) is 67.3 Å². The van der Waals surface area contributed by atoms with Gasteiger partial charge in [-0.2, -0.15) is 0 Å². The highest BCUT2D eigenvalue weighted by Crippen LogP contribution is 2.49. The maximum Gasteiger partial charge on any atom is 0.0642 e. The van der Waals surface area contributed by atoms with Crippen LogP contribution in [0.2, 0.25) is 0 Å². The summed E-state index contributed by atoms with van der Waals surface area (Å²) in [5.74, 6) is 0. The minimum absolute atomic E-state index is 0. The van der Waals surface area contributed by atoms with E-state index in [1.807, 2.05) is 11.8 Å². The first-order valence-electron chi connectivity index (χ1n) is 9.33. The number of hydrogen-bond acceptors (Lipinski definition) is 5. The predicted octanol–water partition coefficient (Wildman–Crippen LogP) is 5.29. The van der Waals surface area contributed by atoms with Gasteiger partial charge < -0.3 is 19.9 Å². The fourth-order valence-corrected chi connectivity index (χ4v) is 4.84. The lowest BCUT2D eigenvalue weighted by atomic mass is 10.1. The molecule has 0 saturated carbocycles. The number of rotatable bonds is 3. The number of morpholine rings is 1. The number of ether oxygens (including phenoxy) is 1. The van der Waals surface area contributed by atoms with Crippen molar-refractivity contribution in [2.75, 3.05) is 55.5 Å². The van der Waals surface area contributed by atoms with Gasteiger partial charge in [-0.15, -0.1) is 24.0 Å². The molecule has 4 rings (SSSR count). The summed E-state index contributed by atoms with van der Waals surface area (Å²) in [6, 6.07) is 9.24. The highest BCUT2D eigenvalue weighted by atomic mass is 127. The second kappa shape index (κ2) is 8.49. The second-order valence-electron chi connectivity index (χ2n) is 7.19. The number of nitrogens with zero attached hydrogens (tertiary/aromatic N) is 2. The van der Waals surface area contributed by atoms with Crippen LogP contribution in [-0.4, -0.2) is 40.4 Å². The lowest BCUT2D eigenvalue weighted by molar-refractivity contribution is 0.122. The summed E-state index contributed by atoms with van der Waals surface area (Å²) in [4.78, 5) is 7.25. The minimum atomic E-state index is 0. The Labute approximate surface area is 183 Å². The van der Waals surface area contributed by atoms with Crippen LogP contribution in [0.25, 0.3) is 0 Å². The van der Waals surface area contributed by atoms with E-state index in [1.165, 1.54) is 43.7 Å². The fourth-order valence-electron chi connectivity index (χ4n) is 3.64. The normalized spacial score (nSPS) is 15.3. The third-order valence-electron chi connectivity index (χ3n) is 5.20. The van der Waals surface area contributed by atoms with E-state index < -0.39 is 0 Å². The maximum atomic E-state index is 5.51. The molecule has 1 N–H and O–H groups in total. The zero-order chi connectivity index (χ0) is 18.3. The third kappa shape index (κ3) is 4.03. The van der Waals surface area contributed by atoms with Gasteiger partial charge in [-0.25, -0.2) is 0 Å². The second-order valence-corrected chi connectivity index (χ2v) is 8.27. The summed E-state index contributed by atoms with van der Waals surface area (Å²) in [6.45, 7) is 8.01. The molecular formula is C21H28IN3OS. The summed E-state index contributed by atoms with van der Waals surface area (Å²) in [6.07, 6.45) is 1.03. The van der Waals surface area contributed by atoms with E-state index >= 15 is 0 Å². The van der Waals surface area contributed by atoms with Crippen molar-refractivity contribution in [3.05, 3.63) is 35.4 Å². The van der Waals surface area contributed by atoms with Gasteiger partial charge in [0.2, 0.25) is 0 Å². The van der Waals surface area contributed by atoms with Crippen molar-refractivity contribution in [1.29, 1.82) is 0 Å². The van der Waals surface area contributed by atoms with Crippen molar-refractivity contribution in [3.63, 3.8) is 0 Å². The Morgan fingerprint density at radius 1 is 1.07 bits per heavy atom. The topological polar surface area (TPSA) is 27.7 Å². The molecule has 2 aliphatic rings. The highest BCUT2D eigenvalue weighted by Gasteiger charge is 2.23. The smallest absolute Gasteiger partial charge is 0.0642 e. The van der Waals surface area contributed by atoms with E-state index in [4.69, 9.17) is 4.74 Å². The standard InChI is InChI=1S/C21H27N3OS.HI/c1-5-15-11-16(23(3)4)12-19-21(15)22-20-14(2)10-17(13-18(20)26-19)24-6-8-25-9-7-24;/h10-13,22H,5-9H2,1-4H3;1H. The average molecular weight is 497 g/mol. The zero-order valence-corrected chi connectivity index (χ0v) is 19.6. The molecule has 4 nitrogen and oxygen atoms in total. The molecular weight excluding hydrogens is 469 g/mol.